The van der Waals surface area contributed by atoms with Crippen LogP contribution in [-0.4, -0.2) is 49.8 Å². The molecular weight excluding hydrogens is 445 g/mol. The summed E-state index contributed by atoms with van der Waals surface area (Å²) in [6.45, 7) is 0.481. The molecule has 1 saturated heterocycles. The number of halogens is 1. The summed E-state index contributed by atoms with van der Waals surface area (Å²) in [5.41, 5.74) is 0.557. The van der Waals surface area contributed by atoms with Gasteiger partial charge in [-0.25, -0.2) is 9.37 Å². The number of amides is 2. The average Bonchev–Trinajstić information content (AvgIpc) is 3.00. The van der Waals surface area contributed by atoms with Crippen LogP contribution in [0.25, 0.3) is 10.9 Å². The highest BCUT2D eigenvalue weighted by Gasteiger charge is 2.33. The van der Waals surface area contributed by atoms with Gasteiger partial charge in [0.25, 0.3) is 11.5 Å². The van der Waals surface area contributed by atoms with Gasteiger partial charge in [-0.2, -0.15) is 0 Å². The SMILES string of the molecule is O=C(c1ccc(F)cc1)N1CCCC[C@@H](Sc2nc3ccccc3c(=O)n2CCCO)C1=O. The quantitative estimate of drug-likeness (QED) is 0.440. The Kier molecular flexibility index (Phi) is 7.20. The van der Waals surface area contributed by atoms with Crippen LogP contribution < -0.4 is 5.56 Å². The Morgan fingerprint density at radius 3 is 2.64 bits per heavy atom. The molecule has 0 saturated carbocycles. The lowest BCUT2D eigenvalue weighted by Crippen LogP contribution is -2.41. The highest BCUT2D eigenvalue weighted by molar-refractivity contribution is 8.00. The molecule has 1 aromatic heterocycles. The average molecular weight is 470 g/mol. The summed E-state index contributed by atoms with van der Waals surface area (Å²) in [6.07, 6.45) is 2.32. The largest absolute Gasteiger partial charge is 0.396 e. The summed E-state index contributed by atoms with van der Waals surface area (Å²) in [5, 5.41) is 9.55. The van der Waals surface area contributed by atoms with E-state index in [0.717, 1.165) is 6.42 Å². The molecule has 2 heterocycles. The van der Waals surface area contributed by atoms with Crippen molar-refractivity contribution in [2.75, 3.05) is 13.2 Å². The second-order valence-electron chi connectivity index (χ2n) is 7.85. The molecule has 0 bridgehead atoms. The first-order chi connectivity index (χ1) is 16.0. The number of hydrogen-bond donors (Lipinski definition) is 1. The van der Waals surface area contributed by atoms with Crippen LogP contribution >= 0.6 is 11.8 Å². The number of aromatic nitrogens is 2. The van der Waals surface area contributed by atoms with Gasteiger partial charge in [-0.3, -0.25) is 23.9 Å². The highest BCUT2D eigenvalue weighted by atomic mass is 32.2. The van der Waals surface area contributed by atoms with Gasteiger partial charge in [0.05, 0.1) is 16.2 Å². The number of para-hydroxylation sites is 1. The van der Waals surface area contributed by atoms with E-state index >= 15 is 0 Å². The summed E-state index contributed by atoms with van der Waals surface area (Å²) in [7, 11) is 0. The number of likely N-dealkylation sites (tertiary alicyclic amines) is 1. The molecule has 172 valence electrons. The molecule has 3 aromatic rings. The topological polar surface area (TPSA) is 92.5 Å². The molecule has 0 unspecified atom stereocenters. The van der Waals surface area contributed by atoms with Crippen molar-refractivity contribution in [3.05, 3.63) is 70.3 Å². The number of fused-ring (bicyclic) bond motifs is 1. The molecule has 0 aliphatic carbocycles. The van der Waals surface area contributed by atoms with Gasteiger partial charge in [0.1, 0.15) is 5.82 Å². The van der Waals surface area contributed by atoms with E-state index in [4.69, 9.17) is 0 Å². The molecule has 1 aliphatic heterocycles. The van der Waals surface area contributed by atoms with Gasteiger partial charge in [-0.15, -0.1) is 0 Å². The predicted octanol–water partition coefficient (Wildman–Crippen LogP) is 3.23. The van der Waals surface area contributed by atoms with Crippen molar-refractivity contribution in [2.24, 2.45) is 0 Å². The standard InChI is InChI=1S/C24H24FN3O4S/c25-17-11-9-16(10-12-17)21(30)27-13-4-3-8-20(23(27)32)33-24-26-19-7-2-1-6-18(19)22(31)28(24)14-5-15-29/h1-2,6-7,9-12,20,29H,3-5,8,13-15H2/t20-/m1/s1. The molecule has 0 radical (unpaired) electrons. The molecule has 9 heteroatoms. The Hall–Kier alpha value is -3.04. The van der Waals surface area contributed by atoms with Gasteiger partial charge in [0.2, 0.25) is 5.91 Å². The van der Waals surface area contributed by atoms with Crippen LogP contribution in [0, 0.1) is 5.82 Å². The zero-order valence-corrected chi connectivity index (χ0v) is 18.8. The van der Waals surface area contributed by atoms with E-state index in [9.17, 15) is 23.9 Å². The van der Waals surface area contributed by atoms with Crippen LogP contribution in [0.3, 0.4) is 0 Å². The first-order valence-corrected chi connectivity index (χ1v) is 11.8. The maximum Gasteiger partial charge on any atom is 0.262 e. The fraction of sp³-hybridized carbons (Fsp3) is 0.333. The van der Waals surface area contributed by atoms with Crippen LogP contribution in [0.5, 0.6) is 0 Å². The summed E-state index contributed by atoms with van der Waals surface area (Å²) >= 11 is 1.18. The molecule has 1 aliphatic rings. The smallest absolute Gasteiger partial charge is 0.262 e. The van der Waals surface area contributed by atoms with E-state index in [2.05, 4.69) is 4.98 Å². The monoisotopic (exact) mass is 469 g/mol. The van der Waals surface area contributed by atoms with E-state index in [1.54, 1.807) is 24.3 Å². The van der Waals surface area contributed by atoms with Crippen molar-refractivity contribution < 1.29 is 19.1 Å². The number of aliphatic hydroxyl groups is 1. The molecule has 1 fully saturated rings. The Morgan fingerprint density at radius 2 is 1.88 bits per heavy atom. The number of hydrogen-bond acceptors (Lipinski definition) is 6. The fourth-order valence-electron chi connectivity index (χ4n) is 3.86. The summed E-state index contributed by atoms with van der Waals surface area (Å²) < 4.78 is 14.8. The Bertz CT molecular complexity index is 1230. The minimum absolute atomic E-state index is 0.0777. The van der Waals surface area contributed by atoms with Crippen molar-refractivity contribution >= 4 is 34.5 Å². The van der Waals surface area contributed by atoms with Crippen molar-refractivity contribution in [1.82, 2.24) is 14.5 Å². The summed E-state index contributed by atoms with van der Waals surface area (Å²) in [4.78, 5) is 45.3. The number of thioether (sulfide) groups is 1. The number of nitrogens with zero attached hydrogens (tertiary/aromatic N) is 3. The number of imide groups is 1. The second kappa shape index (κ2) is 10.3. The molecule has 1 N–H and O–H groups in total. The third kappa shape index (κ3) is 4.99. The number of aliphatic hydroxyl groups excluding tert-OH is 1. The van der Waals surface area contributed by atoms with E-state index in [0.29, 0.717) is 35.3 Å². The summed E-state index contributed by atoms with van der Waals surface area (Å²) in [6, 6.07) is 12.1. The van der Waals surface area contributed by atoms with Gasteiger partial charge >= 0.3 is 0 Å². The lowest BCUT2D eigenvalue weighted by molar-refractivity contribution is -0.127. The van der Waals surface area contributed by atoms with Crippen molar-refractivity contribution in [3.63, 3.8) is 0 Å². The third-order valence-electron chi connectivity index (χ3n) is 5.59. The summed E-state index contributed by atoms with van der Waals surface area (Å²) in [5.74, 6) is -1.26. The van der Waals surface area contributed by atoms with Crippen LogP contribution in [0.2, 0.25) is 0 Å². The van der Waals surface area contributed by atoms with Crippen LogP contribution in [-0.2, 0) is 11.3 Å². The van der Waals surface area contributed by atoms with Crippen LogP contribution in [0.15, 0.2) is 58.5 Å². The van der Waals surface area contributed by atoms with Gasteiger partial charge in [0.15, 0.2) is 5.16 Å². The van der Waals surface area contributed by atoms with Crippen molar-refractivity contribution in [1.29, 1.82) is 0 Å². The van der Waals surface area contributed by atoms with E-state index in [1.807, 2.05) is 0 Å². The second-order valence-corrected chi connectivity index (χ2v) is 9.02. The first kappa shape index (κ1) is 23.1. The molecule has 33 heavy (non-hydrogen) atoms. The normalized spacial score (nSPS) is 16.7. The lowest BCUT2D eigenvalue weighted by atomic mass is 10.2. The lowest BCUT2D eigenvalue weighted by Gasteiger charge is -2.23. The van der Waals surface area contributed by atoms with Crippen LogP contribution in [0.1, 0.15) is 36.0 Å². The zero-order valence-electron chi connectivity index (χ0n) is 17.9. The molecular formula is C24H24FN3O4S. The number of rotatable bonds is 6. The molecule has 4 rings (SSSR count). The number of carbonyl (C=O) groups is 2. The first-order valence-electron chi connectivity index (χ1n) is 10.9. The number of carbonyl (C=O) groups excluding carboxylic acids is 2. The van der Waals surface area contributed by atoms with E-state index in [1.165, 1.54) is 45.5 Å². The maximum absolute atomic E-state index is 13.4. The maximum atomic E-state index is 13.4. The minimum atomic E-state index is -0.592. The van der Waals surface area contributed by atoms with Crippen molar-refractivity contribution in [3.8, 4) is 0 Å². The highest BCUT2D eigenvalue weighted by Crippen LogP contribution is 2.30. The molecule has 1 atom stereocenters. The van der Waals surface area contributed by atoms with Gasteiger partial charge < -0.3 is 5.11 Å². The van der Waals surface area contributed by atoms with Gasteiger partial charge in [-0.05, 0) is 55.7 Å². The molecule has 0 spiro atoms. The molecule has 7 nitrogen and oxygen atoms in total. The van der Waals surface area contributed by atoms with Gasteiger partial charge in [0, 0.05) is 25.3 Å². The van der Waals surface area contributed by atoms with Crippen molar-refractivity contribution in [2.45, 2.75) is 42.6 Å². The Balaban J connectivity index is 1.66. The number of benzene rings is 2. The third-order valence-corrected chi connectivity index (χ3v) is 6.83. The Morgan fingerprint density at radius 1 is 1.12 bits per heavy atom. The molecule has 2 aromatic carbocycles. The Labute approximate surface area is 194 Å². The van der Waals surface area contributed by atoms with Crippen LogP contribution in [0.4, 0.5) is 4.39 Å². The van der Waals surface area contributed by atoms with E-state index < -0.39 is 17.0 Å². The fourth-order valence-corrected chi connectivity index (χ4v) is 5.08. The van der Waals surface area contributed by atoms with Gasteiger partial charge in [-0.1, -0.05) is 30.3 Å². The zero-order chi connectivity index (χ0) is 23.4. The minimum Gasteiger partial charge on any atom is -0.396 e. The predicted molar refractivity (Wildman–Crippen MR) is 124 cm³/mol. The van der Waals surface area contributed by atoms with E-state index in [-0.39, 0.29) is 36.7 Å². The molecule has 2 amide bonds.